The first-order chi connectivity index (χ1) is 9.91. The fourth-order valence-electron chi connectivity index (χ4n) is 1.87. The number of hydrogen-bond donors (Lipinski definition) is 1. The van der Waals surface area contributed by atoms with Gasteiger partial charge in [-0.1, -0.05) is 6.92 Å². The molecule has 112 valence electrons. The van der Waals surface area contributed by atoms with Gasteiger partial charge in [-0.05, 0) is 36.8 Å². The summed E-state index contributed by atoms with van der Waals surface area (Å²) in [7, 11) is 0. The van der Waals surface area contributed by atoms with Crippen molar-refractivity contribution in [2.75, 3.05) is 11.9 Å². The molecule has 1 aromatic carbocycles. The van der Waals surface area contributed by atoms with Gasteiger partial charge in [0.05, 0.1) is 11.3 Å². The molecule has 0 bridgehead atoms. The molecule has 21 heavy (non-hydrogen) atoms. The first-order valence-corrected chi connectivity index (χ1v) is 6.49. The van der Waals surface area contributed by atoms with E-state index >= 15 is 0 Å². The summed E-state index contributed by atoms with van der Waals surface area (Å²) in [5.41, 5.74) is 0.0685. The zero-order valence-corrected chi connectivity index (χ0v) is 11.3. The predicted octanol–water partition coefficient (Wildman–Crippen LogP) is 4.73. The van der Waals surface area contributed by atoms with Crippen LogP contribution in [0.15, 0.2) is 36.5 Å². The van der Waals surface area contributed by atoms with Crippen molar-refractivity contribution in [1.29, 1.82) is 0 Å². The average Bonchev–Trinajstić information content (AvgIpc) is 2.44. The molecular weight excluding hydrogens is 284 g/mol. The molecule has 0 aliphatic rings. The number of halogens is 4. The van der Waals surface area contributed by atoms with Gasteiger partial charge in [0.15, 0.2) is 0 Å². The summed E-state index contributed by atoms with van der Waals surface area (Å²) in [6.45, 7) is 2.76. The molecule has 0 spiro atoms. The summed E-state index contributed by atoms with van der Waals surface area (Å²) >= 11 is 0. The van der Waals surface area contributed by atoms with E-state index in [1.54, 1.807) is 12.1 Å². The van der Waals surface area contributed by atoms with Gasteiger partial charge in [0, 0.05) is 24.0 Å². The van der Waals surface area contributed by atoms with Gasteiger partial charge >= 0.3 is 6.18 Å². The third kappa shape index (κ3) is 3.71. The van der Waals surface area contributed by atoms with Gasteiger partial charge in [0.25, 0.3) is 0 Å². The molecule has 6 heteroatoms. The average molecular weight is 298 g/mol. The van der Waals surface area contributed by atoms with E-state index in [-0.39, 0.29) is 5.56 Å². The second-order valence-electron chi connectivity index (χ2n) is 4.55. The van der Waals surface area contributed by atoms with Gasteiger partial charge in [0.1, 0.15) is 5.82 Å². The smallest absolute Gasteiger partial charge is 0.385 e. The van der Waals surface area contributed by atoms with Gasteiger partial charge < -0.3 is 5.32 Å². The number of nitrogens with zero attached hydrogens (tertiary/aromatic N) is 1. The molecule has 1 N–H and O–H groups in total. The van der Waals surface area contributed by atoms with Crippen molar-refractivity contribution in [3.63, 3.8) is 0 Å². The van der Waals surface area contributed by atoms with Crippen molar-refractivity contribution in [2.45, 2.75) is 19.5 Å². The molecule has 0 atom stereocenters. The van der Waals surface area contributed by atoms with Gasteiger partial charge in [-0.3, -0.25) is 4.98 Å². The topological polar surface area (TPSA) is 24.9 Å². The van der Waals surface area contributed by atoms with E-state index in [0.29, 0.717) is 5.69 Å². The van der Waals surface area contributed by atoms with Crippen molar-refractivity contribution >= 4 is 5.69 Å². The maximum Gasteiger partial charge on any atom is 0.419 e. The second kappa shape index (κ2) is 6.11. The Balaban J connectivity index is 2.38. The lowest BCUT2D eigenvalue weighted by molar-refractivity contribution is -0.139. The third-order valence-electron chi connectivity index (χ3n) is 2.91. The Morgan fingerprint density at radius 3 is 2.57 bits per heavy atom. The fourth-order valence-corrected chi connectivity index (χ4v) is 1.87. The highest BCUT2D eigenvalue weighted by Crippen LogP contribution is 2.34. The van der Waals surface area contributed by atoms with Crippen LogP contribution in [0.1, 0.15) is 18.9 Å². The zero-order chi connectivity index (χ0) is 15.5. The number of rotatable bonds is 4. The number of nitrogens with one attached hydrogen (secondary N) is 1. The first kappa shape index (κ1) is 15.3. The van der Waals surface area contributed by atoms with Crippen LogP contribution in [0.4, 0.5) is 23.2 Å². The van der Waals surface area contributed by atoms with Crippen LogP contribution in [0.3, 0.4) is 0 Å². The fraction of sp³-hybridized carbons (Fsp3) is 0.267. The Labute approximate surface area is 119 Å². The van der Waals surface area contributed by atoms with Crippen molar-refractivity contribution in [1.82, 2.24) is 4.98 Å². The molecule has 2 rings (SSSR count). The minimum absolute atomic E-state index is 0.226. The molecule has 0 radical (unpaired) electrons. The van der Waals surface area contributed by atoms with E-state index in [2.05, 4.69) is 10.3 Å². The number of benzene rings is 1. The standard InChI is InChI=1S/C15H14F4N2/c1-2-6-20-11-5-7-21-14(9-11)10-3-4-13(16)12(8-10)15(17,18)19/h3-5,7-9H,2,6H2,1H3,(H,20,21). The van der Waals surface area contributed by atoms with Crippen molar-refractivity contribution in [2.24, 2.45) is 0 Å². The largest absolute Gasteiger partial charge is 0.419 e. The molecule has 2 aromatic rings. The van der Waals surface area contributed by atoms with Crippen LogP contribution in [0.25, 0.3) is 11.3 Å². The van der Waals surface area contributed by atoms with Crippen LogP contribution < -0.4 is 5.32 Å². The molecular formula is C15H14F4N2. The SMILES string of the molecule is CCCNc1ccnc(-c2ccc(F)c(C(F)(F)F)c2)c1. The number of alkyl halides is 3. The van der Waals surface area contributed by atoms with Crippen molar-refractivity contribution in [3.05, 3.63) is 47.9 Å². The highest BCUT2D eigenvalue weighted by molar-refractivity contribution is 5.64. The Hall–Kier alpha value is -2.11. The summed E-state index contributed by atoms with van der Waals surface area (Å²) in [6.07, 6.45) is -2.30. The molecule has 0 aliphatic carbocycles. The number of anilines is 1. The number of hydrogen-bond acceptors (Lipinski definition) is 2. The van der Waals surface area contributed by atoms with E-state index in [9.17, 15) is 17.6 Å². The summed E-state index contributed by atoms with van der Waals surface area (Å²) in [4.78, 5) is 4.04. The van der Waals surface area contributed by atoms with Crippen LogP contribution in [0, 0.1) is 5.82 Å². The molecule has 0 saturated carbocycles. The first-order valence-electron chi connectivity index (χ1n) is 6.49. The van der Waals surface area contributed by atoms with E-state index < -0.39 is 17.6 Å². The highest BCUT2D eigenvalue weighted by Gasteiger charge is 2.34. The Morgan fingerprint density at radius 2 is 1.90 bits per heavy atom. The monoisotopic (exact) mass is 298 g/mol. The molecule has 0 amide bonds. The van der Waals surface area contributed by atoms with Crippen LogP contribution in [0.2, 0.25) is 0 Å². The van der Waals surface area contributed by atoms with E-state index in [4.69, 9.17) is 0 Å². The Morgan fingerprint density at radius 1 is 1.14 bits per heavy atom. The normalized spacial score (nSPS) is 11.5. The molecule has 0 saturated heterocycles. The lowest BCUT2D eigenvalue weighted by Crippen LogP contribution is -2.08. The number of pyridine rings is 1. The lowest BCUT2D eigenvalue weighted by atomic mass is 10.1. The van der Waals surface area contributed by atoms with Crippen molar-refractivity contribution in [3.8, 4) is 11.3 Å². The Bertz CT molecular complexity index is 623. The zero-order valence-electron chi connectivity index (χ0n) is 11.3. The molecule has 0 aliphatic heterocycles. The minimum Gasteiger partial charge on any atom is -0.385 e. The molecule has 0 unspecified atom stereocenters. The molecule has 1 aromatic heterocycles. The minimum atomic E-state index is -4.72. The van der Waals surface area contributed by atoms with Crippen LogP contribution in [-0.4, -0.2) is 11.5 Å². The summed E-state index contributed by atoms with van der Waals surface area (Å²) in [6, 6.07) is 6.25. The van der Waals surface area contributed by atoms with E-state index in [0.717, 1.165) is 30.8 Å². The summed E-state index contributed by atoms with van der Waals surface area (Å²) in [5.74, 6) is -1.29. The quantitative estimate of drug-likeness (QED) is 0.825. The van der Waals surface area contributed by atoms with E-state index in [1.165, 1.54) is 12.3 Å². The molecule has 0 fully saturated rings. The van der Waals surface area contributed by atoms with Gasteiger partial charge in [-0.25, -0.2) is 4.39 Å². The third-order valence-corrected chi connectivity index (χ3v) is 2.91. The maximum absolute atomic E-state index is 13.3. The van der Waals surface area contributed by atoms with Gasteiger partial charge in [-0.15, -0.1) is 0 Å². The lowest BCUT2D eigenvalue weighted by Gasteiger charge is -2.11. The van der Waals surface area contributed by atoms with Gasteiger partial charge in [-0.2, -0.15) is 13.2 Å². The maximum atomic E-state index is 13.3. The van der Waals surface area contributed by atoms with Crippen molar-refractivity contribution < 1.29 is 17.6 Å². The van der Waals surface area contributed by atoms with Crippen LogP contribution >= 0.6 is 0 Å². The molecule has 1 heterocycles. The van der Waals surface area contributed by atoms with E-state index in [1.807, 2.05) is 6.92 Å². The Kier molecular flexibility index (Phi) is 4.45. The summed E-state index contributed by atoms with van der Waals surface area (Å²) < 4.78 is 51.4. The second-order valence-corrected chi connectivity index (χ2v) is 4.55. The van der Waals surface area contributed by atoms with Crippen LogP contribution in [-0.2, 0) is 6.18 Å². The van der Waals surface area contributed by atoms with Gasteiger partial charge in [0.2, 0.25) is 0 Å². The summed E-state index contributed by atoms with van der Waals surface area (Å²) in [5, 5.41) is 3.12. The van der Waals surface area contributed by atoms with Crippen LogP contribution in [0.5, 0.6) is 0 Å². The molecule has 2 nitrogen and oxygen atoms in total. The highest BCUT2D eigenvalue weighted by atomic mass is 19.4. The number of aromatic nitrogens is 1. The predicted molar refractivity (Wildman–Crippen MR) is 73.4 cm³/mol.